The van der Waals surface area contributed by atoms with Crippen molar-refractivity contribution in [2.45, 2.75) is 38.5 Å². The van der Waals surface area contributed by atoms with E-state index in [2.05, 4.69) is 41.8 Å². The molecule has 4 rings (SSSR count). The zero-order valence-corrected chi connectivity index (χ0v) is 21.1. The van der Waals surface area contributed by atoms with Crippen molar-refractivity contribution in [3.05, 3.63) is 77.4 Å². The molecule has 0 spiro atoms. The summed E-state index contributed by atoms with van der Waals surface area (Å²) in [6.45, 7) is 3.87. The molecule has 190 valence electrons. The van der Waals surface area contributed by atoms with Gasteiger partial charge in [-0.15, -0.1) is 0 Å². The first kappa shape index (κ1) is 25.5. The minimum atomic E-state index is -1.36. The van der Waals surface area contributed by atoms with Crippen LogP contribution < -0.4 is 24.8 Å². The molecule has 7 heteroatoms. The Bertz CT molecular complexity index is 1160. The third kappa shape index (κ3) is 5.64. The monoisotopic (exact) mass is 490 g/mol. The van der Waals surface area contributed by atoms with Crippen molar-refractivity contribution >= 4 is 5.91 Å². The van der Waals surface area contributed by atoms with E-state index >= 15 is 0 Å². The summed E-state index contributed by atoms with van der Waals surface area (Å²) in [4.78, 5) is 12.7. The molecule has 3 aromatic rings. The standard InChI is InChI=1S/C29H34N2O5/c1-20-22(10-7-11-24(20)21-8-5-4-6-9-21)19-36-23-16-26(34-2)25(27(17-23)35-3)18-31-28(32)29(33)12-14-30-15-13-29/h4-11,16-17,30,33H,12-15,18-19H2,1-3H3,(H,31,32). The lowest BCUT2D eigenvalue weighted by Crippen LogP contribution is -2.52. The van der Waals surface area contributed by atoms with Crippen LogP contribution in [0, 0.1) is 6.92 Å². The summed E-state index contributed by atoms with van der Waals surface area (Å²) in [5.74, 6) is 1.29. The van der Waals surface area contributed by atoms with Crippen molar-refractivity contribution in [1.82, 2.24) is 10.6 Å². The zero-order chi connectivity index (χ0) is 25.5. The quantitative estimate of drug-likeness (QED) is 0.420. The Morgan fingerprint density at radius 3 is 2.31 bits per heavy atom. The summed E-state index contributed by atoms with van der Waals surface area (Å²) in [6.07, 6.45) is 0.759. The molecule has 0 aliphatic carbocycles. The number of carbonyl (C=O) groups excluding carboxylic acids is 1. The number of aliphatic hydroxyl groups is 1. The Morgan fingerprint density at radius 2 is 1.67 bits per heavy atom. The van der Waals surface area contributed by atoms with Gasteiger partial charge in [-0.05, 0) is 55.1 Å². The predicted molar refractivity (Wildman–Crippen MR) is 139 cm³/mol. The maximum absolute atomic E-state index is 12.7. The van der Waals surface area contributed by atoms with E-state index < -0.39 is 5.60 Å². The summed E-state index contributed by atoms with van der Waals surface area (Å²) in [5, 5.41) is 16.7. The van der Waals surface area contributed by atoms with Crippen LogP contribution in [-0.2, 0) is 17.9 Å². The molecule has 1 saturated heterocycles. The number of methoxy groups -OCH3 is 2. The number of piperidine rings is 1. The number of rotatable bonds is 9. The van der Waals surface area contributed by atoms with E-state index in [9.17, 15) is 9.90 Å². The Hall–Kier alpha value is -3.55. The van der Waals surface area contributed by atoms with Crippen molar-refractivity contribution < 1.29 is 24.1 Å². The van der Waals surface area contributed by atoms with Crippen LogP contribution in [0.1, 0.15) is 29.5 Å². The van der Waals surface area contributed by atoms with Crippen molar-refractivity contribution in [3.8, 4) is 28.4 Å². The summed E-state index contributed by atoms with van der Waals surface area (Å²) in [6, 6.07) is 20.1. The van der Waals surface area contributed by atoms with Gasteiger partial charge >= 0.3 is 0 Å². The molecular formula is C29H34N2O5. The lowest BCUT2D eigenvalue weighted by Gasteiger charge is -2.31. The van der Waals surface area contributed by atoms with Crippen molar-refractivity contribution in [2.75, 3.05) is 27.3 Å². The average molecular weight is 491 g/mol. The smallest absolute Gasteiger partial charge is 0.252 e. The number of amides is 1. The molecule has 0 atom stereocenters. The van der Waals surface area contributed by atoms with E-state index in [1.54, 1.807) is 26.4 Å². The van der Waals surface area contributed by atoms with Crippen molar-refractivity contribution in [1.29, 1.82) is 0 Å². The molecule has 0 radical (unpaired) electrons. The van der Waals surface area contributed by atoms with Crippen LogP contribution in [-0.4, -0.2) is 43.9 Å². The second-order valence-electron chi connectivity index (χ2n) is 9.02. The highest BCUT2D eigenvalue weighted by molar-refractivity contribution is 5.85. The van der Waals surface area contributed by atoms with Gasteiger partial charge < -0.3 is 30.0 Å². The van der Waals surface area contributed by atoms with Gasteiger partial charge in [-0.25, -0.2) is 0 Å². The highest BCUT2D eigenvalue weighted by Crippen LogP contribution is 2.35. The predicted octanol–water partition coefficient (Wildman–Crippen LogP) is 3.99. The molecule has 0 aromatic heterocycles. The average Bonchev–Trinajstić information content (AvgIpc) is 2.91. The third-order valence-electron chi connectivity index (χ3n) is 6.79. The van der Waals surface area contributed by atoms with Gasteiger partial charge in [0, 0.05) is 12.1 Å². The number of carbonyl (C=O) groups is 1. The SMILES string of the molecule is COc1cc(OCc2cccc(-c3ccccc3)c2C)cc(OC)c1CNC(=O)C1(O)CCNCC1. The molecule has 36 heavy (non-hydrogen) atoms. The number of nitrogens with one attached hydrogen (secondary N) is 2. The number of hydrogen-bond acceptors (Lipinski definition) is 6. The third-order valence-corrected chi connectivity index (χ3v) is 6.79. The Kier molecular flexibility index (Phi) is 8.13. The van der Waals surface area contributed by atoms with Crippen molar-refractivity contribution in [2.24, 2.45) is 0 Å². The van der Waals surface area contributed by atoms with Crippen LogP contribution >= 0.6 is 0 Å². The molecule has 1 fully saturated rings. The van der Waals surface area contributed by atoms with Crippen LogP contribution in [0.3, 0.4) is 0 Å². The van der Waals surface area contributed by atoms with E-state index in [4.69, 9.17) is 14.2 Å². The second-order valence-corrected chi connectivity index (χ2v) is 9.02. The van der Waals surface area contributed by atoms with Crippen LogP contribution in [0.5, 0.6) is 17.2 Å². The molecule has 1 aliphatic heterocycles. The molecule has 1 amide bonds. The Balaban J connectivity index is 1.49. The molecule has 1 heterocycles. The van der Waals surface area contributed by atoms with E-state index in [-0.39, 0.29) is 12.5 Å². The molecule has 7 nitrogen and oxygen atoms in total. The minimum Gasteiger partial charge on any atom is -0.496 e. The first-order valence-corrected chi connectivity index (χ1v) is 12.2. The molecule has 1 aliphatic rings. The number of benzene rings is 3. The highest BCUT2D eigenvalue weighted by Gasteiger charge is 2.37. The lowest BCUT2D eigenvalue weighted by molar-refractivity contribution is -0.142. The largest absolute Gasteiger partial charge is 0.496 e. The van der Waals surface area contributed by atoms with Gasteiger partial charge in [-0.1, -0.05) is 48.5 Å². The first-order chi connectivity index (χ1) is 17.4. The minimum absolute atomic E-state index is 0.166. The van der Waals surface area contributed by atoms with Crippen molar-refractivity contribution in [3.63, 3.8) is 0 Å². The van der Waals surface area contributed by atoms with E-state index in [1.165, 1.54) is 11.1 Å². The maximum atomic E-state index is 12.7. The van der Waals surface area contributed by atoms with Gasteiger partial charge in [0.25, 0.3) is 5.91 Å². The van der Waals surface area contributed by atoms with E-state index in [1.807, 2.05) is 24.3 Å². The van der Waals surface area contributed by atoms with E-state index in [0.29, 0.717) is 55.4 Å². The summed E-state index contributed by atoms with van der Waals surface area (Å²) in [7, 11) is 3.13. The maximum Gasteiger partial charge on any atom is 0.252 e. The fourth-order valence-corrected chi connectivity index (χ4v) is 4.55. The van der Waals surface area contributed by atoms with Crippen LogP contribution in [0.2, 0.25) is 0 Å². The molecule has 3 aromatic carbocycles. The van der Waals surface area contributed by atoms with Crippen LogP contribution in [0.4, 0.5) is 0 Å². The first-order valence-electron chi connectivity index (χ1n) is 12.2. The summed E-state index contributed by atoms with van der Waals surface area (Å²) >= 11 is 0. The van der Waals surface area contributed by atoms with Crippen LogP contribution in [0.25, 0.3) is 11.1 Å². The molecule has 0 bridgehead atoms. The topological polar surface area (TPSA) is 89.0 Å². The van der Waals surface area contributed by atoms with Gasteiger partial charge in [0.1, 0.15) is 29.5 Å². The fraction of sp³-hybridized carbons (Fsp3) is 0.345. The number of ether oxygens (including phenoxy) is 3. The highest BCUT2D eigenvalue weighted by atomic mass is 16.5. The number of hydrogen-bond donors (Lipinski definition) is 3. The fourth-order valence-electron chi connectivity index (χ4n) is 4.55. The van der Waals surface area contributed by atoms with Gasteiger partial charge in [-0.3, -0.25) is 4.79 Å². The van der Waals surface area contributed by atoms with E-state index in [0.717, 1.165) is 11.1 Å². The molecule has 0 unspecified atom stereocenters. The normalized spacial score (nSPS) is 14.7. The van der Waals surface area contributed by atoms with Crippen LogP contribution in [0.15, 0.2) is 60.7 Å². The molecule has 0 saturated carbocycles. The molecule has 3 N–H and O–H groups in total. The Labute approximate surface area is 212 Å². The summed E-state index contributed by atoms with van der Waals surface area (Å²) in [5.41, 5.74) is 3.91. The lowest BCUT2D eigenvalue weighted by atomic mass is 9.91. The summed E-state index contributed by atoms with van der Waals surface area (Å²) < 4.78 is 17.3. The second kappa shape index (κ2) is 11.5. The Morgan fingerprint density at radius 1 is 1.00 bits per heavy atom. The molecular weight excluding hydrogens is 456 g/mol. The zero-order valence-electron chi connectivity index (χ0n) is 21.1. The van der Waals surface area contributed by atoms with Gasteiger partial charge in [0.15, 0.2) is 0 Å². The van der Waals surface area contributed by atoms with Gasteiger partial charge in [0.05, 0.1) is 26.3 Å². The van der Waals surface area contributed by atoms with Gasteiger partial charge in [0.2, 0.25) is 0 Å². The van der Waals surface area contributed by atoms with Gasteiger partial charge in [-0.2, -0.15) is 0 Å².